The van der Waals surface area contributed by atoms with Gasteiger partial charge in [-0.15, -0.1) is 0 Å². The summed E-state index contributed by atoms with van der Waals surface area (Å²) in [6.07, 6.45) is 10.0. The standard InChI is InChI=1S/C19H30O2.C11H18O.C6H8O3/c1-4-19(10-13-5-6-15(19)7-13)21-18(20)17-9-14-8-16(17)12(3)11(14)2;1-6-7(2)9-3-8(6)10-4-12-5-11(9)10;1-3-4(2)6(8)9-5(3)7/h11-17H,4-10H2,1-3H3;6-11H,3-5H2,1-2H3;3-4H,1-2H3. The van der Waals surface area contributed by atoms with E-state index in [1.807, 2.05) is 0 Å². The van der Waals surface area contributed by atoms with Crippen LogP contribution in [0.3, 0.4) is 0 Å². The van der Waals surface area contributed by atoms with Gasteiger partial charge in [-0.05, 0) is 122 Å². The first-order chi connectivity index (χ1) is 20.0. The van der Waals surface area contributed by atoms with Crippen LogP contribution in [0.2, 0.25) is 0 Å². The van der Waals surface area contributed by atoms with Crippen molar-refractivity contribution in [2.75, 3.05) is 13.2 Å². The Hall–Kier alpha value is -1.43. The molecule has 2 heterocycles. The Morgan fingerprint density at radius 1 is 0.762 bits per heavy atom. The van der Waals surface area contributed by atoms with Gasteiger partial charge in [0, 0.05) is 0 Å². The van der Waals surface area contributed by atoms with Crippen molar-refractivity contribution in [3.63, 3.8) is 0 Å². The molecule has 8 rings (SSSR count). The summed E-state index contributed by atoms with van der Waals surface area (Å²) in [6.45, 7) is 17.4. The van der Waals surface area contributed by atoms with Gasteiger partial charge in [-0.2, -0.15) is 0 Å². The number of cyclic esters (lactones) is 2. The van der Waals surface area contributed by atoms with Gasteiger partial charge in [0.05, 0.1) is 31.0 Å². The summed E-state index contributed by atoms with van der Waals surface area (Å²) >= 11 is 0. The van der Waals surface area contributed by atoms with Crippen LogP contribution < -0.4 is 0 Å². The third kappa shape index (κ3) is 4.98. The van der Waals surface area contributed by atoms with Crippen molar-refractivity contribution in [1.29, 1.82) is 0 Å². The molecule has 0 spiro atoms. The summed E-state index contributed by atoms with van der Waals surface area (Å²) in [6, 6.07) is 0. The highest BCUT2D eigenvalue weighted by Gasteiger charge is 2.57. The van der Waals surface area contributed by atoms with E-state index in [4.69, 9.17) is 9.47 Å². The van der Waals surface area contributed by atoms with Gasteiger partial charge in [0.2, 0.25) is 0 Å². The molecule has 6 nitrogen and oxygen atoms in total. The quantitative estimate of drug-likeness (QED) is 0.264. The molecule has 8 aliphatic rings. The largest absolute Gasteiger partial charge is 0.459 e. The smallest absolute Gasteiger partial charge is 0.317 e. The van der Waals surface area contributed by atoms with E-state index in [0.717, 1.165) is 85.7 Å². The van der Waals surface area contributed by atoms with Crippen LogP contribution in [0.25, 0.3) is 0 Å². The molecule has 6 bridgehead atoms. The molecule has 2 aliphatic heterocycles. The number of ether oxygens (including phenoxy) is 3. The van der Waals surface area contributed by atoms with Crippen LogP contribution in [0.1, 0.15) is 99.8 Å². The van der Waals surface area contributed by atoms with E-state index < -0.39 is 11.9 Å². The minimum absolute atomic E-state index is 0.0866. The van der Waals surface area contributed by atoms with E-state index in [2.05, 4.69) is 39.4 Å². The number of rotatable bonds is 3. The average Bonchev–Trinajstić information content (AvgIpc) is 3.82. The zero-order chi connectivity index (χ0) is 30.1. The maximum absolute atomic E-state index is 12.9. The lowest BCUT2D eigenvalue weighted by atomic mass is 9.71. The first kappa shape index (κ1) is 30.6. The molecule has 0 aromatic rings. The lowest BCUT2D eigenvalue weighted by Crippen LogP contribution is -2.43. The minimum Gasteiger partial charge on any atom is -0.459 e. The SMILES string of the molecule is CC1C(=O)OC(=O)C1C.CC1C(C)C2CC1C1COCC21.CCC1(OC(=O)C2CC3CC2C(C)C3C)CC2CCC1C2. The molecule has 236 valence electrons. The molecule has 2 saturated heterocycles. The molecule has 0 amide bonds. The summed E-state index contributed by atoms with van der Waals surface area (Å²) in [5, 5.41) is 0. The summed E-state index contributed by atoms with van der Waals surface area (Å²) in [5.74, 6) is 9.32. The molecular weight excluding hydrogens is 528 g/mol. The van der Waals surface area contributed by atoms with Gasteiger partial charge in [0.1, 0.15) is 5.60 Å². The predicted octanol–water partition coefficient (Wildman–Crippen LogP) is 6.94. The molecule has 8 fully saturated rings. The second-order valence-corrected chi connectivity index (χ2v) is 16.1. The number of hydrogen-bond acceptors (Lipinski definition) is 6. The van der Waals surface area contributed by atoms with E-state index in [1.165, 1.54) is 32.1 Å². The normalized spacial score (nSPS) is 52.5. The second kappa shape index (κ2) is 11.5. The van der Waals surface area contributed by atoms with Crippen molar-refractivity contribution < 1.29 is 28.6 Å². The Morgan fingerprint density at radius 2 is 1.36 bits per heavy atom. The molecule has 16 atom stereocenters. The van der Waals surface area contributed by atoms with Gasteiger partial charge in [-0.3, -0.25) is 14.4 Å². The third-order valence-electron chi connectivity index (χ3n) is 14.7. The maximum atomic E-state index is 12.9. The van der Waals surface area contributed by atoms with E-state index >= 15 is 0 Å². The Balaban J connectivity index is 0.000000126. The van der Waals surface area contributed by atoms with Crippen molar-refractivity contribution in [2.45, 2.75) is 105 Å². The molecule has 6 heteroatoms. The van der Waals surface area contributed by atoms with Crippen molar-refractivity contribution in [3.8, 4) is 0 Å². The topological polar surface area (TPSA) is 78.9 Å². The van der Waals surface area contributed by atoms with E-state index in [-0.39, 0.29) is 29.3 Å². The van der Waals surface area contributed by atoms with Crippen molar-refractivity contribution in [2.24, 2.45) is 88.8 Å². The summed E-state index contributed by atoms with van der Waals surface area (Å²) in [7, 11) is 0. The van der Waals surface area contributed by atoms with Gasteiger partial charge in [0.15, 0.2) is 0 Å². The first-order valence-electron chi connectivity index (χ1n) is 17.5. The van der Waals surface area contributed by atoms with Crippen LogP contribution >= 0.6 is 0 Å². The van der Waals surface area contributed by atoms with E-state index in [9.17, 15) is 14.4 Å². The Morgan fingerprint density at radius 3 is 1.79 bits per heavy atom. The highest BCUT2D eigenvalue weighted by Crippen LogP contribution is 2.60. The molecule has 0 aromatic heterocycles. The van der Waals surface area contributed by atoms with Crippen molar-refractivity contribution in [3.05, 3.63) is 0 Å². The van der Waals surface area contributed by atoms with Gasteiger partial charge < -0.3 is 14.2 Å². The number of carbonyl (C=O) groups excluding carboxylic acids is 3. The van der Waals surface area contributed by atoms with Crippen LogP contribution in [0.4, 0.5) is 0 Å². The highest BCUT2D eigenvalue weighted by atomic mass is 16.6. The van der Waals surface area contributed by atoms with Gasteiger partial charge in [-0.1, -0.05) is 48.5 Å². The number of carbonyl (C=O) groups is 3. The fourth-order valence-corrected chi connectivity index (χ4v) is 11.3. The van der Waals surface area contributed by atoms with Crippen LogP contribution in [0.15, 0.2) is 0 Å². The average molecular weight is 585 g/mol. The van der Waals surface area contributed by atoms with Crippen LogP contribution in [0, 0.1) is 88.8 Å². The van der Waals surface area contributed by atoms with E-state index in [1.54, 1.807) is 13.8 Å². The van der Waals surface area contributed by atoms with Gasteiger partial charge >= 0.3 is 17.9 Å². The predicted molar refractivity (Wildman–Crippen MR) is 160 cm³/mol. The number of fused-ring (bicyclic) bond motifs is 9. The van der Waals surface area contributed by atoms with Crippen molar-refractivity contribution >= 4 is 17.9 Å². The molecule has 6 saturated carbocycles. The summed E-state index contributed by atoms with van der Waals surface area (Å²) in [4.78, 5) is 34.0. The molecule has 16 unspecified atom stereocenters. The first-order valence-corrected chi connectivity index (χ1v) is 17.5. The Bertz CT molecular complexity index is 1020. The zero-order valence-electron chi connectivity index (χ0n) is 27.2. The molecule has 0 radical (unpaired) electrons. The molecule has 0 N–H and O–H groups in total. The minimum atomic E-state index is -0.396. The third-order valence-corrected chi connectivity index (χ3v) is 14.7. The van der Waals surface area contributed by atoms with E-state index in [0.29, 0.717) is 17.8 Å². The Kier molecular flexibility index (Phi) is 8.37. The molecule has 6 aliphatic carbocycles. The molecule has 42 heavy (non-hydrogen) atoms. The van der Waals surface area contributed by atoms with Crippen LogP contribution in [0.5, 0.6) is 0 Å². The van der Waals surface area contributed by atoms with Gasteiger partial charge in [-0.25, -0.2) is 0 Å². The lowest BCUT2D eigenvalue weighted by molar-refractivity contribution is -0.174. The molecular formula is C36H56O6. The zero-order valence-corrected chi connectivity index (χ0v) is 27.2. The highest BCUT2D eigenvalue weighted by molar-refractivity contribution is 5.95. The molecule has 0 aromatic carbocycles. The fraction of sp³-hybridized carbons (Fsp3) is 0.917. The number of esters is 3. The summed E-state index contributed by atoms with van der Waals surface area (Å²) in [5.41, 5.74) is -0.0866. The Labute approximate surface area is 253 Å². The second-order valence-electron chi connectivity index (χ2n) is 16.1. The van der Waals surface area contributed by atoms with Crippen molar-refractivity contribution in [1.82, 2.24) is 0 Å². The maximum Gasteiger partial charge on any atom is 0.317 e. The number of hydrogen-bond donors (Lipinski definition) is 0. The lowest BCUT2D eigenvalue weighted by Gasteiger charge is -2.39. The van der Waals surface area contributed by atoms with Crippen LogP contribution in [-0.2, 0) is 28.6 Å². The van der Waals surface area contributed by atoms with Crippen LogP contribution in [-0.4, -0.2) is 36.7 Å². The van der Waals surface area contributed by atoms with Gasteiger partial charge in [0.25, 0.3) is 0 Å². The monoisotopic (exact) mass is 584 g/mol. The summed E-state index contributed by atoms with van der Waals surface area (Å²) < 4.78 is 16.2. The fourth-order valence-electron chi connectivity index (χ4n) is 11.3.